The molecule has 0 spiro atoms. The number of nitrogens with zero attached hydrogens (tertiary/aromatic N) is 1. The number of methoxy groups -OCH3 is 1. The number of ether oxygens (including phenoxy) is 2. The number of rotatable bonds is 4. The maximum absolute atomic E-state index is 12.2. The van der Waals surface area contributed by atoms with E-state index in [-0.39, 0.29) is 18.1 Å². The van der Waals surface area contributed by atoms with Crippen molar-refractivity contribution in [2.24, 2.45) is 5.92 Å². The monoisotopic (exact) mass is 325 g/mol. The van der Waals surface area contributed by atoms with E-state index in [0.29, 0.717) is 16.7 Å². The summed E-state index contributed by atoms with van der Waals surface area (Å²) in [6.45, 7) is 3.55. The van der Waals surface area contributed by atoms with Crippen LogP contribution in [0, 0.1) is 5.92 Å². The molecular formula is C16H20ClNO4. The topological polar surface area (TPSA) is 55.8 Å². The molecule has 120 valence electrons. The first-order valence-electron chi connectivity index (χ1n) is 7.29. The van der Waals surface area contributed by atoms with Gasteiger partial charge in [0.15, 0.2) is 6.61 Å². The van der Waals surface area contributed by atoms with Crippen LogP contribution < -0.4 is 4.74 Å². The smallest absolute Gasteiger partial charge is 0.341 e. The van der Waals surface area contributed by atoms with Crippen molar-refractivity contribution in [1.82, 2.24) is 4.90 Å². The molecule has 1 fully saturated rings. The number of hydrogen-bond acceptors (Lipinski definition) is 4. The molecule has 1 aromatic carbocycles. The van der Waals surface area contributed by atoms with Gasteiger partial charge in [-0.1, -0.05) is 18.5 Å². The van der Waals surface area contributed by atoms with Crippen molar-refractivity contribution in [1.29, 1.82) is 0 Å². The molecule has 1 atom stereocenters. The fraction of sp³-hybridized carbons (Fsp3) is 0.500. The first-order chi connectivity index (χ1) is 10.5. The average molecular weight is 326 g/mol. The van der Waals surface area contributed by atoms with Gasteiger partial charge in [0, 0.05) is 18.1 Å². The van der Waals surface area contributed by atoms with Crippen LogP contribution in [-0.2, 0) is 9.53 Å². The van der Waals surface area contributed by atoms with Crippen LogP contribution in [0.3, 0.4) is 0 Å². The first-order valence-corrected chi connectivity index (χ1v) is 7.67. The molecule has 0 bridgehead atoms. The standard InChI is InChI=1S/C16H20ClNO4/c1-11-4-3-7-18(9-11)15(19)10-22-14-6-5-12(17)8-13(14)16(20)21-2/h5-6,8,11H,3-4,7,9-10H2,1-2H3/t11-/m0/s1. The summed E-state index contributed by atoms with van der Waals surface area (Å²) in [7, 11) is 1.29. The average Bonchev–Trinajstić information content (AvgIpc) is 2.52. The summed E-state index contributed by atoms with van der Waals surface area (Å²) in [5.74, 6) is 0.197. The number of esters is 1. The highest BCUT2D eigenvalue weighted by Gasteiger charge is 2.22. The Morgan fingerprint density at radius 3 is 2.86 bits per heavy atom. The second-order valence-corrected chi connectivity index (χ2v) is 5.94. The van der Waals surface area contributed by atoms with Gasteiger partial charge in [0.25, 0.3) is 5.91 Å². The Morgan fingerprint density at radius 2 is 2.18 bits per heavy atom. The Bertz CT molecular complexity index is 561. The molecule has 1 aliphatic heterocycles. The minimum atomic E-state index is -0.545. The molecule has 2 rings (SSSR count). The van der Waals surface area contributed by atoms with E-state index in [1.165, 1.54) is 13.2 Å². The van der Waals surface area contributed by atoms with Crippen molar-refractivity contribution in [2.45, 2.75) is 19.8 Å². The lowest BCUT2D eigenvalue weighted by atomic mass is 10.0. The number of likely N-dealkylation sites (tertiary alicyclic amines) is 1. The van der Waals surface area contributed by atoms with Crippen molar-refractivity contribution < 1.29 is 19.1 Å². The van der Waals surface area contributed by atoms with Crippen molar-refractivity contribution in [3.8, 4) is 5.75 Å². The van der Waals surface area contributed by atoms with Crippen LogP contribution in [0.2, 0.25) is 5.02 Å². The summed E-state index contributed by atoms with van der Waals surface area (Å²) in [6.07, 6.45) is 2.16. The Kier molecular flexibility index (Phi) is 5.66. The molecule has 1 aromatic rings. The molecule has 22 heavy (non-hydrogen) atoms. The van der Waals surface area contributed by atoms with E-state index in [1.54, 1.807) is 12.1 Å². The summed E-state index contributed by atoms with van der Waals surface area (Å²) in [5.41, 5.74) is 0.217. The first kappa shape index (κ1) is 16.6. The third-order valence-electron chi connectivity index (χ3n) is 3.71. The van der Waals surface area contributed by atoms with Crippen molar-refractivity contribution in [2.75, 3.05) is 26.8 Å². The van der Waals surface area contributed by atoms with Crippen LogP contribution in [0.15, 0.2) is 18.2 Å². The summed E-state index contributed by atoms with van der Waals surface area (Å²) in [5, 5.41) is 0.406. The fourth-order valence-corrected chi connectivity index (χ4v) is 2.72. The van der Waals surface area contributed by atoms with E-state index in [0.717, 1.165) is 25.9 Å². The number of halogens is 1. The number of hydrogen-bond donors (Lipinski definition) is 0. The van der Waals surface area contributed by atoms with Gasteiger partial charge >= 0.3 is 5.97 Å². The molecule has 0 aromatic heterocycles. The Hall–Kier alpha value is -1.75. The number of benzene rings is 1. The van der Waals surface area contributed by atoms with E-state index in [1.807, 2.05) is 4.90 Å². The van der Waals surface area contributed by atoms with Gasteiger partial charge in [0.1, 0.15) is 11.3 Å². The maximum atomic E-state index is 12.2. The van der Waals surface area contributed by atoms with Gasteiger partial charge < -0.3 is 14.4 Å². The molecule has 1 amide bonds. The molecular weight excluding hydrogens is 306 g/mol. The summed E-state index contributed by atoms with van der Waals surface area (Å²) < 4.78 is 10.2. The zero-order valence-corrected chi connectivity index (χ0v) is 13.6. The Labute approximate surface area is 135 Å². The normalized spacial score (nSPS) is 18.0. The second-order valence-electron chi connectivity index (χ2n) is 5.51. The molecule has 5 nitrogen and oxygen atoms in total. The van der Waals surface area contributed by atoms with Gasteiger partial charge in [-0.2, -0.15) is 0 Å². The van der Waals surface area contributed by atoms with Crippen LogP contribution in [0.25, 0.3) is 0 Å². The van der Waals surface area contributed by atoms with Gasteiger partial charge in [-0.05, 0) is 37.0 Å². The lowest BCUT2D eigenvalue weighted by Gasteiger charge is -2.30. The molecule has 1 aliphatic rings. The number of carbonyl (C=O) groups is 2. The molecule has 6 heteroatoms. The SMILES string of the molecule is COC(=O)c1cc(Cl)ccc1OCC(=O)N1CCC[C@H](C)C1. The van der Waals surface area contributed by atoms with Crippen molar-refractivity contribution >= 4 is 23.5 Å². The Balaban J connectivity index is 2.02. The van der Waals surface area contributed by atoms with E-state index >= 15 is 0 Å². The quantitative estimate of drug-likeness (QED) is 0.799. The van der Waals surface area contributed by atoms with E-state index in [2.05, 4.69) is 6.92 Å². The lowest BCUT2D eigenvalue weighted by molar-refractivity contribution is -0.135. The third-order valence-corrected chi connectivity index (χ3v) is 3.94. The van der Waals surface area contributed by atoms with Crippen molar-refractivity contribution in [3.63, 3.8) is 0 Å². The van der Waals surface area contributed by atoms with E-state index < -0.39 is 5.97 Å². The molecule has 0 aliphatic carbocycles. The Morgan fingerprint density at radius 1 is 1.41 bits per heavy atom. The molecule has 1 heterocycles. The second kappa shape index (κ2) is 7.49. The van der Waals surface area contributed by atoms with Crippen LogP contribution in [0.5, 0.6) is 5.75 Å². The van der Waals surface area contributed by atoms with Gasteiger partial charge in [-0.3, -0.25) is 4.79 Å². The van der Waals surface area contributed by atoms with Crippen LogP contribution in [0.1, 0.15) is 30.1 Å². The molecule has 0 radical (unpaired) electrons. The van der Waals surface area contributed by atoms with Gasteiger partial charge in [-0.25, -0.2) is 4.79 Å². The maximum Gasteiger partial charge on any atom is 0.341 e. The third kappa shape index (κ3) is 4.13. The minimum Gasteiger partial charge on any atom is -0.483 e. The zero-order chi connectivity index (χ0) is 16.1. The highest BCUT2D eigenvalue weighted by molar-refractivity contribution is 6.31. The lowest BCUT2D eigenvalue weighted by Crippen LogP contribution is -2.41. The van der Waals surface area contributed by atoms with Gasteiger partial charge in [-0.15, -0.1) is 0 Å². The predicted octanol–water partition coefficient (Wildman–Crippen LogP) is 2.76. The molecule has 0 N–H and O–H groups in total. The molecule has 0 saturated carbocycles. The molecule has 0 unspecified atom stereocenters. The fourth-order valence-electron chi connectivity index (χ4n) is 2.54. The highest BCUT2D eigenvalue weighted by Crippen LogP contribution is 2.24. The van der Waals surface area contributed by atoms with Crippen LogP contribution in [-0.4, -0.2) is 43.6 Å². The summed E-state index contributed by atoms with van der Waals surface area (Å²) in [6, 6.07) is 4.65. The van der Waals surface area contributed by atoms with Crippen LogP contribution in [0.4, 0.5) is 0 Å². The van der Waals surface area contributed by atoms with E-state index in [4.69, 9.17) is 21.1 Å². The summed E-state index contributed by atoms with van der Waals surface area (Å²) in [4.78, 5) is 25.7. The zero-order valence-electron chi connectivity index (χ0n) is 12.8. The highest BCUT2D eigenvalue weighted by atomic mass is 35.5. The van der Waals surface area contributed by atoms with Crippen LogP contribution >= 0.6 is 11.6 Å². The number of amides is 1. The number of piperidine rings is 1. The predicted molar refractivity (Wildman–Crippen MR) is 83.3 cm³/mol. The minimum absolute atomic E-state index is 0.0719. The number of carbonyl (C=O) groups excluding carboxylic acids is 2. The van der Waals surface area contributed by atoms with Crippen molar-refractivity contribution in [3.05, 3.63) is 28.8 Å². The molecule has 1 saturated heterocycles. The largest absolute Gasteiger partial charge is 0.483 e. The summed E-state index contributed by atoms with van der Waals surface area (Å²) >= 11 is 5.88. The van der Waals surface area contributed by atoms with E-state index in [9.17, 15) is 9.59 Å². The van der Waals surface area contributed by atoms with Gasteiger partial charge in [0.05, 0.1) is 7.11 Å². The van der Waals surface area contributed by atoms with Gasteiger partial charge in [0.2, 0.25) is 0 Å².